The summed E-state index contributed by atoms with van der Waals surface area (Å²) in [5, 5.41) is 0. The zero-order chi connectivity index (χ0) is 14.1. The van der Waals surface area contributed by atoms with Gasteiger partial charge in [0.05, 0.1) is 13.2 Å². The van der Waals surface area contributed by atoms with Crippen LogP contribution in [0.4, 0.5) is 0 Å². The minimum atomic E-state index is -1.89. The molecule has 0 atom stereocenters. The largest absolute Gasteiger partial charge is 0.432 e. The highest BCUT2D eigenvalue weighted by Gasteiger charge is 2.16. The molecule has 0 fully saturated rings. The summed E-state index contributed by atoms with van der Waals surface area (Å²) in [4.78, 5) is 19.2. The first kappa shape index (κ1) is 18.3. The fraction of sp³-hybridized carbons (Fsp3) is 1.00. The third kappa shape index (κ3) is 16.3. The average Bonchev–Trinajstić information content (AvgIpc) is 2.17. The SMILES string of the molecule is C[Si](C)(O)CCCOCCOCCC[Si](C)(C)O. The molecule has 0 radical (unpaired) electrons. The Kier molecular flexibility index (Phi) is 9.36. The van der Waals surface area contributed by atoms with Crippen LogP contribution in [0, 0.1) is 0 Å². The van der Waals surface area contributed by atoms with Gasteiger partial charge < -0.3 is 19.1 Å². The Morgan fingerprint density at radius 1 is 0.667 bits per heavy atom. The second-order valence-corrected chi connectivity index (χ2v) is 14.3. The zero-order valence-electron chi connectivity index (χ0n) is 12.4. The van der Waals surface area contributed by atoms with Crippen molar-refractivity contribution in [2.45, 2.75) is 51.1 Å². The van der Waals surface area contributed by atoms with Gasteiger partial charge in [0.15, 0.2) is 16.6 Å². The van der Waals surface area contributed by atoms with Crippen molar-refractivity contribution < 1.29 is 19.1 Å². The van der Waals surface area contributed by atoms with Crippen molar-refractivity contribution >= 4 is 16.6 Å². The summed E-state index contributed by atoms with van der Waals surface area (Å²) in [7, 11) is -3.78. The Labute approximate surface area is 114 Å². The lowest BCUT2D eigenvalue weighted by molar-refractivity contribution is 0.0478. The summed E-state index contributed by atoms with van der Waals surface area (Å²) < 4.78 is 10.8. The van der Waals surface area contributed by atoms with Crippen LogP contribution in [0.15, 0.2) is 0 Å². The van der Waals surface area contributed by atoms with E-state index in [0.29, 0.717) is 26.4 Å². The summed E-state index contributed by atoms with van der Waals surface area (Å²) in [6.07, 6.45) is 1.86. The summed E-state index contributed by atoms with van der Waals surface area (Å²) in [5.41, 5.74) is 0. The summed E-state index contributed by atoms with van der Waals surface area (Å²) in [6, 6.07) is 1.79. The maximum atomic E-state index is 9.62. The molecular weight excluding hydrogens is 264 g/mol. The molecule has 0 spiro atoms. The third-order valence-electron chi connectivity index (χ3n) is 2.53. The van der Waals surface area contributed by atoms with E-state index in [1.165, 1.54) is 0 Å². The van der Waals surface area contributed by atoms with E-state index in [0.717, 1.165) is 24.9 Å². The second-order valence-electron chi connectivity index (χ2n) is 6.06. The van der Waals surface area contributed by atoms with E-state index >= 15 is 0 Å². The zero-order valence-corrected chi connectivity index (χ0v) is 14.4. The highest BCUT2D eigenvalue weighted by atomic mass is 28.4. The van der Waals surface area contributed by atoms with Gasteiger partial charge in [0.2, 0.25) is 0 Å². The summed E-state index contributed by atoms with van der Waals surface area (Å²) >= 11 is 0. The van der Waals surface area contributed by atoms with Gasteiger partial charge in [0.25, 0.3) is 0 Å². The van der Waals surface area contributed by atoms with Crippen molar-refractivity contribution in [1.29, 1.82) is 0 Å². The number of rotatable bonds is 11. The van der Waals surface area contributed by atoms with Crippen LogP contribution in [0.25, 0.3) is 0 Å². The van der Waals surface area contributed by atoms with E-state index < -0.39 is 16.6 Å². The number of hydrogen-bond acceptors (Lipinski definition) is 4. The van der Waals surface area contributed by atoms with Gasteiger partial charge >= 0.3 is 0 Å². The Bertz CT molecular complexity index is 177. The van der Waals surface area contributed by atoms with Gasteiger partial charge in [0.1, 0.15) is 0 Å². The van der Waals surface area contributed by atoms with Crippen molar-refractivity contribution in [1.82, 2.24) is 0 Å². The van der Waals surface area contributed by atoms with Crippen LogP contribution >= 0.6 is 0 Å². The first-order valence-corrected chi connectivity index (χ1v) is 13.1. The highest BCUT2D eigenvalue weighted by Crippen LogP contribution is 2.08. The lowest BCUT2D eigenvalue weighted by atomic mass is 10.5. The molecule has 0 aliphatic rings. The molecule has 0 aliphatic heterocycles. The first-order valence-electron chi connectivity index (χ1n) is 6.81. The Hall–Kier alpha value is 0.274. The fourth-order valence-corrected chi connectivity index (χ4v) is 3.55. The van der Waals surface area contributed by atoms with Gasteiger partial charge in [-0.1, -0.05) is 0 Å². The average molecular weight is 295 g/mol. The quantitative estimate of drug-likeness (QED) is 0.453. The van der Waals surface area contributed by atoms with Crippen LogP contribution in [-0.2, 0) is 9.47 Å². The molecule has 110 valence electrons. The molecule has 0 rings (SSSR count). The predicted octanol–water partition coefficient (Wildman–Crippen LogP) is 2.19. The van der Waals surface area contributed by atoms with Crippen LogP contribution in [-0.4, -0.2) is 52.7 Å². The number of hydrogen-bond donors (Lipinski definition) is 2. The molecule has 0 aromatic heterocycles. The second kappa shape index (κ2) is 9.22. The minimum absolute atomic E-state index is 0.618. The van der Waals surface area contributed by atoms with E-state index in [1.54, 1.807) is 0 Å². The van der Waals surface area contributed by atoms with Crippen molar-refractivity contribution in [3.05, 3.63) is 0 Å². The lowest BCUT2D eigenvalue weighted by Gasteiger charge is -2.14. The highest BCUT2D eigenvalue weighted by molar-refractivity contribution is 6.70. The molecular formula is C12H30O4Si2. The molecule has 18 heavy (non-hydrogen) atoms. The van der Waals surface area contributed by atoms with Crippen LogP contribution in [0.5, 0.6) is 0 Å². The Morgan fingerprint density at radius 3 is 1.28 bits per heavy atom. The molecule has 4 nitrogen and oxygen atoms in total. The van der Waals surface area contributed by atoms with Gasteiger partial charge in [-0.05, 0) is 51.1 Å². The molecule has 0 saturated heterocycles. The molecule has 0 aliphatic carbocycles. The maximum absolute atomic E-state index is 9.62. The standard InChI is InChI=1S/C12H30O4Si2/c1-17(2,13)11-5-7-15-9-10-16-8-6-12-18(3,4)14/h13-14H,5-12H2,1-4H3. The molecule has 6 heteroatoms. The minimum Gasteiger partial charge on any atom is -0.432 e. The summed E-state index contributed by atoms with van der Waals surface area (Å²) in [6.45, 7) is 10.4. The maximum Gasteiger partial charge on any atom is 0.182 e. The normalized spacial score (nSPS) is 13.0. The third-order valence-corrected chi connectivity index (χ3v) is 5.68. The molecule has 0 heterocycles. The van der Waals surface area contributed by atoms with Crippen molar-refractivity contribution in [2.24, 2.45) is 0 Å². The summed E-state index contributed by atoms with van der Waals surface area (Å²) in [5.74, 6) is 0. The fourth-order valence-electron chi connectivity index (χ4n) is 1.54. The molecule has 0 aromatic rings. The smallest absolute Gasteiger partial charge is 0.182 e. The van der Waals surface area contributed by atoms with E-state index in [1.807, 2.05) is 26.2 Å². The van der Waals surface area contributed by atoms with E-state index in [4.69, 9.17) is 9.47 Å². The predicted molar refractivity (Wildman–Crippen MR) is 79.9 cm³/mol. The van der Waals surface area contributed by atoms with Crippen LogP contribution in [0.2, 0.25) is 38.3 Å². The van der Waals surface area contributed by atoms with E-state index in [-0.39, 0.29) is 0 Å². The van der Waals surface area contributed by atoms with Crippen LogP contribution < -0.4 is 0 Å². The monoisotopic (exact) mass is 294 g/mol. The number of ether oxygens (including phenoxy) is 2. The Morgan fingerprint density at radius 2 is 1.00 bits per heavy atom. The first-order chi connectivity index (χ1) is 8.21. The van der Waals surface area contributed by atoms with Crippen molar-refractivity contribution in [3.63, 3.8) is 0 Å². The molecule has 0 aromatic carbocycles. The van der Waals surface area contributed by atoms with Gasteiger partial charge in [-0.25, -0.2) is 0 Å². The van der Waals surface area contributed by atoms with Gasteiger partial charge in [0, 0.05) is 13.2 Å². The van der Waals surface area contributed by atoms with Crippen LogP contribution in [0.1, 0.15) is 12.8 Å². The van der Waals surface area contributed by atoms with Gasteiger partial charge in [-0.2, -0.15) is 0 Å². The van der Waals surface area contributed by atoms with Crippen LogP contribution in [0.3, 0.4) is 0 Å². The molecule has 2 N–H and O–H groups in total. The van der Waals surface area contributed by atoms with Gasteiger partial charge in [-0.3, -0.25) is 0 Å². The molecule has 0 unspecified atom stereocenters. The molecule has 0 amide bonds. The van der Waals surface area contributed by atoms with Gasteiger partial charge in [-0.15, -0.1) is 0 Å². The Balaban J connectivity index is 3.13. The van der Waals surface area contributed by atoms with Crippen molar-refractivity contribution in [3.8, 4) is 0 Å². The lowest BCUT2D eigenvalue weighted by Crippen LogP contribution is -2.25. The van der Waals surface area contributed by atoms with E-state index in [2.05, 4.69) is 0 Å². The van der Waals surface area contributed by atoms with Crippen molar-refractivity contribution in [2.75, 3.05) is 26.4 Å². The molecule has 0 bridgehead atoms. The van der Waals surface area contributed by atoms with E-state index in [9.17, 15) is 9.59 Å². The topological polar surface area (TPSA) is 58.9 Å². The molecule has 0 saturated carbocycles.